The van der Waals surface area contributed by atoms with Crippen LogP contribution in [-0.4, -0.2) is 16.6 Å². The first-order valence-corrected chi connectivity index (χ1v) is 7.57. The highest BCUT2D eigenvalue weighted by atomic mass is 16.6. The fraction of sp³-hybridized carbons (Fsp3) is 0.412. The van der Waals surface area contributed by atoms with E-state index < -0.39 is 4.92 Å². The maximum absolute atomic E-state index is 12.6. The van der Waals surface area contributed by atoms with Crippen molar-refractivity contribution in [2.75, 3.05) is 0 Å². The Balaban J connectivity index is 2.02. The minimum absolute atomic E-state index is 0.000631. The number of amides is 1. The summed E-state index contributed by atoms with van der Waals surface area (Å²) in [4.78, 5) is 34.9. The van der Waals surface area contributed by atoms with E-state index in [1.807, 2.05) is 13.8 Å². The Morgan fingerprint density at radius 3 is 2.43 bits per heavy atom. The molecule has 2 aliphatic rings. The van der Waals surface area contributed by atoms with Gasteiger partial charge in [0.15, 0.2) is 5.78 Å². The number of hydrogen-bond donors (Lipinski definition) is 1. The van der Waals surface area contributed by atoms with Gasteiger partial charge in [-0.3, -0.25) is 19.7 Å². The van der Waals surface area contributed by atoms with Crippen molar-refractivity contribution in [2.24, 2.45) is 5.41 Å². The summed E-state index contributed by atoms with van der Waals surface area (Å²) in [7, 11) is 0. The van der Waals surface area contributed by atoms with Crippen molar-refractivity contribution in [1.29, 1.82) is 0 Å². The number of nitro groups is 1. The molecule has 0 bridgehead atoms. The molecule has 0 saturated carbocycles. The molecule has 0 fully saturated rings. The van der Waals surface area contributed by atoms with Crippen molar-refractivity contribution in [3.8, 4) is 0 Å². The first kappa shape index (κ1) is 15.4. The molecular weight excluding hydrogens is 296 g/mol. The largest absolute Gasteiger partial charge is 0.329 e. The summed E-state index contributed by atoms with van der Waals surface area (Å²) in [6.45, 7) is 4.02. The molecule has 0 radical (unpaired) electrons. The van der Waals surface area contributed by atoms with Crippen molar-refractivity contribution in [1.82, 2.24) is 5.32 Å². The molecule has 1 heterocycles. The second-order valence-corrected chi connectivity index (χ2v) is 6.99. The third-order valence-electron chi connectivity index (χ3n) is 4.45. The van der Waals surface area contributed by atoms with Crippen LogP contribution in [0.15, 0.2) is 35.5 Å². The molecule has 1 aliphatic carbocycles. The zero-order valence-electron chi connectivity index (χ0n) is 13.1. The summed E-state index contributed by atoms with van der Waals surface area (Å²) in [6.07, 6.45) is 1.30. The number of ketones is 1. The van der Waals surface area contributed by atoms with Gasteiger partial charge in [0, 0.05) is 42.2 Å². The van der Waals surface area contributed by atoms with Gasteiger partial charge in [0.25, 0.3) is 5.69 Å². The number of nitro benzene ring substituents is 1. The Kier molecular flexibility index (Phi) is 3.55. The first-order valence-electron chi connectivity index (χ1n) is 7.57. The Hall–Kier alpha value is -2.50. The van der Waals surface area contributed by atoms with Gasteiger partial charge in [0.05, 0.1) is 4.92 Å². The monoisotopic (exact) mass is 314 g/mol. The summed E-state index contributed by atoms with van der Waals surface area (Å²) in [5.74, 6) is -0.375. The topological polar surface area (TPSA) is 89.3 Å². The second kappa shape index (κ2) is 5.30. The number of allylic oxidation sites excluding steroid dienone is 2. The molecule has 3 rings (SSSR count). The quantitative estimate of drug-likeness (QED) is 0.671. The second-order valence-electron chi connectivity index (χ2n) is 6.99. The fourth-order valence-corrected chi connectivity index (χ4v) is 3.47. The van der Waals surface area contributed by atoms with Crippen LogP contribution in [0.25, 0.3) is 0 Å². The minimum Gasteiger partial charge on any atom is -0.329 e. The molecule has 1 aromatic carbocycles. The molecule has 0 saturated heterocycles. The van der Waals surface area contributed by atoms with E-state index in [0.717, 1.165) is 5.56 Å². The summed E-state index contributed by atoms with van der Waals surface area (Å²) in [5, 5.41) is 13.6. The van der Waals surface area contributed by atoms with Crippen molar-refractivity contribution in [3.05, 3.63) is 51.2 Å². The number of nitrogens with one attached hydrogen (secondary N) is 1. The van der Waals surface area contributed by atoms with Crippen LogP contribution in [0, 0.1) is 15.5 Å². The number of Topliss-reactive ketones (excluding diaryl/α,β-unsaturated/α-hetero) is 1. The van der Waals surface area contributed by atoms with Gasteiger partial charge in [0.1, 0.15) is 0 Å². The molecule has 1 aromatic rings. The van der Waals surface area contributed by atoms with Gasteiger partial charge in [-0.25, -0.2) is 0 Å². The number of non-ortho nitro benzene ring substituents is 1. The molecular formula is C17H18N2O4. The predicted molar refractivity (Wildman–Crippen MR) is 83.6 cm³/mol. The molecule has 1 N–H and O–H groups in total. The Morgan fingerprint density at radius 2 is 1.83 bits per heavy atom. The summed E-state index contributed by atoms with van der Waals surface area (Å²) in [5.41, 5.74) is 1.98. The van der Waals surface area contributed by atoms with Gasteiger partial charge in [0.2, 0.25) is 5.91 Å². The highest BCUT2D eigenvalue weighted by Crippen LogP contribution is 2.43. The highest BCUT2D eigenvalue weighted by Gasteiger charge is 2.40. The molecule has 0 aromatic heterocycles. The summed E-state index contributed by atoms with van der Waals surface area (Å²) >= 11 is 0. The molecule has 6 nitrogen and oxygen atoms in total. The summed E-state index contributed by atoms with van der Waals surface area (Å²) < 4.78 is 0. The normalized spacial score (nSPS) is 23.3. The number of nitrogens with zero attached hydrogens (tertiary/aromatic N) is 1. The highest BCUT2D eigenvalue weighted by molar-refractivity contribution is 6.02. The van der Waals surface area contributed by atoms with Crippen molar-refractivity contribution < 1.29 is 14.5 Å². The van der Waals surface area contributed by atoms with Crippen LogP contribution in [0.5, 0.6) is 0 Å². The van der Waals surface area contributed by atoms with Crippen molar-refractivity contribution in [3.63, 3.8) is 0 Å². The van der Waals surface area contributed by atoms with Gasteiger partial charge in [-0.05, 0) is 17.4 Å². The minimum atomic E-state index is -0.462. The maximum atomic E-state index is 12.6. The maximum Gasteiger partial charge on any atom is 0.269 e. The predicted octanol–water partition coefficient (Wildman–Crippen LogP) is 2.84. The lowest BCUT2D eigenvalue weighted by Gasteiger charge is -2.37. The Labute approximate surface area is 133 Å². The third-order valence-corrected chi connectivity index (χ3v) is 4.45. The van der Waals surface area contributed by atoms with Crippen LogP contribution in [0.3, 0.4) is 0 Å². The standard InChI is InChI=1S/C17H18N2O4/c1-17(2)8-13-16(14(20)9-17)12(7-15(21)18-13)10-3-5-11(6-4-10)19(22)23/h3-6,12H,7-9H2,1-2H3,(H,18,21)/t12-/m0/s1. The molecule has 1 atom stereocenters. The zero-order valence-corrected chi connectivity index (χ0v) is 13.1. The molecule has 6 heteroatoms. The van der Waals surface area contributed by atoms with E-state index in [4.69, 9.17) is 0 Å². The molecule has 0 spiro atoms. The van der Waals surface area contributed by atoms with Gasteiger partial charge >= 0.3 is 0 Å². The lowest BCUT2D eigenvalue weighted by atomic mass is 9.70. The van der Waals surface area contributed by atoms with Crippen molar-refractivity contribution in [2.45, 2.75) is 39.0 Å². The smallest absolute Gasteiger partial charge is 0.269 e. The van der Waals surface area contributed by atoms with Crippen LogP contribution in [0.4, 0.5) is 5.69 Å². The first-order chi connectivity index (χ1) is 10.8. The number of carbonyl (C=O) groups excluding carboxylic acids is 2. The van der Waals surface area contributed by atoms with Crippen molar-refractivity contribution >= 4 is 17.4 Å². The van der Waals surface area contributed by atoms with Crippen LogP contribution < -0.4 is 5.32 Å². The van der Waals surface area contributed by atoms with Gasteiger partial charge in [-0.1, -0.05) is 26.0 Å². The van der Waals surface area contributed by atoms with E-state index in [1.54, 1.807) is 12.1 Å². The average molecular weight is 314 g/mol. The molecule has 1 amide bonds. The lowest BCUT2D eigenvalue weighted by Crippen LogP contribution is -2.40. The van der Waals surface area contributed by atoms with E-state index in [9.17, 15) is 19.7 Å². The molecule has 1 aliphatic heterocycles. The molecule has 23 heavy (non-hydrogen) atoms. The van der Waals surface area contributed by atoms with Crippen LogP contribution in [0.2, 0.25) is 0 Å². The number of hydrogen-bond acceptors (Lipinski definition) is 4. The van der Waals surface area contributed by atoms with Gasteiger partial charge < -0.3 is 5.32 Å². The van der Waals surface area contributed by atoms with Gasteiger partial charge in [-0.2, -0.15) is 0 Å². The van der Waals surface area contributed by atoms with E-state index in [-0.39, 0.29) is 35.1 Å². The molecule has 120 valence electrons. The average Bonchev–Trinajstić information content (AvgIpc) is 2.44. The number of benzene rings is 1. The fourth-order valence-electron chi connectivity index (χ4n) is 3.47. The van der Waals surface area contributed by atoms with E-state index in [2.05, 4.69) is 5.32 Å². The number of carbonyl (C=O) groups is 2. The van der Waals surface area contributed by atoms with Crippen LogP contribution >= 0.6 is 0 Å². The van der Waals surface area contributed by atoms with Crippen LogP contribution in [0.1, 0.15) is 44.6 Å². The number of rotatable bonds is 2. The lowest BCUT2D eigenvalue weighted by molar-refractivity contribution is -0.384. The van der Waals surface area contributed by atoms with Crippen LogP contribution in [-0.2, 0) is 9.59 Å². The van der Waals surface area contributed by atoms with Gasteiger partial charge in [-0.15, -0.1) is 0 Å². The van der Waals surface area contributed by atoms with E-state index in [1.165, 1.54) is 12.1 Å². The third kappa shape index (κ3) is 2.88. The molecule has 0 unspecified atom stereocenters. The van der Waals surface area contributed by atoms with E-state index in [0.29, 0.717) is 24.1 Å². The Bertz CT molecular complexity index is 731. The summed E-state index contributed by atoms with van der Waals surface area (Å²) in [6, 6.07) is 6.11. The zero-order chi connectivity index (χ0) is 16.8. The SMILES string of the molecule is CC1(C)CC(=O)C2=C(C1)NC(=O)C[C@H]2c1ccc([N+](=O)[O-])cc1. The van der Waals surface area contributed by atoms with E-state index >= 15 is 0 Å². The Morgan fingerprint density at radius 1 is 1.17 bits per heavy atom.